The smallest absolute Gasteiger partial charge is 0.304 e. The normalized spacial score (nSPS) is 17.8. The number of amides is 1. The van der Waals surface area contributed by atoms with Gasteiger partial charge in [0.05, 0.1) is 6.42 Å². The Morgan fingerprint density at radius 1 is 1.55 bits per heavy atom. The van der Waals surface area contributed by atoms with E-state index in [2.05, 4.69) is 4.72 Å². The van der Waals surface area contributed by atoms with Gasteiger partial charge in [-0.15, -0.1) is 0 Å². The van der Waals surface area contributed by atoms with Crippen LogP contribution in [0.3, 0.4) is 0 Å². The summed E-state index contributed by atoms with van der Waals surface area (Å²) >= 11 is 0. The molecule has 116 valence electrons. The van der Waals surface area contributed by atoms with Crippen LogP contribution in [0.5, 0.6) is 0 Å². The van der Waals surface area contributed by atoms with Crippen molar-refractivity contribution in [1.29, 1.82) is 0 Å². The van der Waals surface area contributed by atoms with Gasteiger partial charge in [-0.2, -0.15) is 17.4 Å². The molecule has 9 heteroatoms. The second-order valence-electron chi connectivity index (χ2n) is 4.93. The van der Waals surface area contributed by atoms with Crippen molar-refractivity contribution in [2.24, 2.45) is 0 Å². The molecule has 2 N–H and O–H groups in total. The molecule has 0 spiro atoms. The fourth-order valence-electron chi connectivity index (χ4n) is 1.98. The topological polar surface area (TPSA) is 107 Å². The lowest BCUT2D eigenvalue weighted by atomic mass is 10.3. The highest BCUT2D eigenvalue weighted by molar-refractivity contribution is 7.87. The van der Waals surface area contributed by atoms with Gasteiger partial charge in [-0.1, -0.05) is 0 Å². The lowest BCUT2D eigenvalue weighted by molar-refractivity contribution is -0.137. The van der Waals surface area contributed by atoms with Crippen LogP contribution in [-0.2, 0) is 19.8 Å². The molecule has 8 nitrogen and oxygen atoms in total. The van der Waals surface area contributed by atoms with E-state index in [1.807, 2.05) is 0 Å². The molecule has 0 bridgehead atoms. The second kappa shape index (κ2) is 7.00. The van der Waals surface area contributed by atoms with Gasteiger partial charge in [0.15, 0.2) is 0 Å². The third kappa shape index (κ3) is 5.06. The molecular formula is C11H21N3O5S. The summed E-state index contributed by atoms with van der Waals surface area (Å²) in [5.41, 5.74) is 0. The minimum atomic E-state index is -3.73. The molecule has 20 heavy (non-hydrogen) atoms. The number of nitrogens with one attached hydrogen (secondary N) is 1. The number of hydrogen-bond donors (Lipinski definition) is 2. The van der Waals surface area contributed by atoms with Crippen LogP contribution in [0.25, 0.3) is 0 Å². The van der Waals surface area contributed by atoms with Crippen LogP contribution in [0.2, 0.25) is 0 Å². The molecule has 1 saturated heterocycles. The van der Waals surface area contributed by atoms with Crippen LogP contribution in [-0.4, -0.2) is 67.3 Å². The molecule has 1 fully saturated rings. The van der Waals surface area contributed by atoms with E-state index in [0.717, 1.165) is 10.7 Å². The van der Waals surface area contributed by atoms with Crippen molar-refractivity contribution in [1.82, 2.24) is 13.9 Å². The summed E-state index contributed by atoms with van der Waals surface area (Å²) in [6, 6.07) is -0.422. The van der Waals surface area contributed by atoms with Crippen molar-refractivity contribution in [2.75, 3.05) is 26.7 Å². The first kappa shape index (κ1) is 16.9. The molecule has 0 saturated carbocycles. The Labute approximate surface area is 118 Å². The van der Waals surface area contributed by atoms with Gasteiger partial charge in [-0.05, 0) is 13.3 Å². The van der Waals surface area contributed by atoms with Gasteiger partial charge in [0, 0.05) is 39.1 Å². The summed E-state index contributed by atoms with van der Waals surface area (Å²) < 4.78 is 27.3. The van der Waals surface area contributed by atoms with Gasteiger partial charge in [0.1, 0.15) is 0 Å². The lowest BCUT2D eigenvalue weighted by Gasteiger charge is -2.24. The van der Waals surface area contributed by atoms with Crippen LogP contribution >= 0.6 is 0 Å². The van der Waals surface area contributed by atoms with E-state index in [1.54, 1.807) is 11.8 Å². The molecule has 1 amide bonds. The Morgan fingerprint density at radius 2 is 2.20 bits per heavy atom. The number of hydrogen-bond acceptors (Lipinski definition) is 4. The fourth-order valence-corrected chi connectivity index (χ4v) is 3.08. The zero-order valence-electron chi connectivity index (χ0n) is 11.7. The average molecular weight is 307 g/mol. The predicted molar refractivity (Wildman–Crippen MR) is 72.2 cm³/mol. The molecule has 0 aromatic carbocycles. The maximum Gasteiger partial charge on any atom is 0.304 e. The van der Waals surface area contributed by atoms with Crippen molar-refractivity contribution < 1.29 is 23.1 Å². The number of carbonyl (C=O) groups is 2. The van der Waals surface area contributed by atoms with Crippen LogP contribution < -0.4 is 4.72 Å². The van der Waals surface area contributed by atoms with E-state index in [1.165, 1.54) is 7.05 Å². The molecular weight excluding hydrogens is 286 g/mol. The van der Waals surface area contributed by atoms with E-state index in [0.29, 0.717) is 19.5 Å². The van der Waals surface area contributed by atoms with Crippen LogP contribution in [0.1, 0.15) is 26.2 Å². The zero-order valence-corrected chi connectivity index (χ0v) is 12.5. The first-order chi connectivity index (χ1) is 9.22. The van der Waals surface area contributed by atoms with Gasteiger partial charge >= 0.3 is 5.97 Å². The summed E-state index contributed by atoms with van der Waals surface area (Å²) in [7, 11) is -2.41. The van der Waals surface area contributed by atoms with Crippen molar-refractivity contribution in [2.45, 2.75) is 32.2 Å². The number of nitrogens with zero attached hydrogens (tertiary/aromatic N) is 2. The third-order valence-electron chi connectivity index (χ3n) is 3.07. The third-order valence-corrected chi connectivity index (χ3v) is 4.77. The molecule has 0 aromatic heterocycles. The zero-order chi connectivity index (χ0) is 15.3. The largest absolute Gasteiger partial charge is 0.481 e. The van der Waals surface area contributed by atoms with Gasteiger partial charge in [0.25, 0.3) is 10.2 Å². The number of likely N-dealkylation sites (tertiary alicyclic amines) is 1. The second-order valence-corrected chi connectivity index (χ2v) is 6.74. The first-order valence-electron chi connectivity index (χ1n) is 6.45. The first-order valence-corrected chi connectivity index (χ1v) is 7.89. The van der Waals surface area contributed by atoms with Crippen LogP contribution in [0, 0.1) is 0 Å². The summed E-state index contributed by atoms with van der Waals surface area (Å²) in [6.07, 6.45) is 1.06. The maximum absolute atomic E-state index is 11.9. The molecule has 1 aliphatic heterocycles. The van der Waals surface area contributed by atoms with E-state index in [4.69, 9.17) is 5.11 Å². The molecule has 1 heterocycles. The van der Waals surface area contributed by atoms with E-state index < -0.39 is 22.2 Å². The van der Waals surface area contributed by atoms with E-state index in [9.17, 15) is 18.0 Å². The molecule has 1 aliphatic rings. The number of carbonyl (C=O) groups excluding carboxylic acids is 1. The van der Waals surface area contributed by atoms with Crippen molar-refractivity contribution in [3.05, 3.63) is 0 Å². The fraction of sp³-hybridized carbons (Fsp3) is 0.818. The summed E-state index contributed by atoms with van der Waals surface area (Å²) in [5, 5.41) is 8.54. The molecule has 1 atom stereocenters. The van der Waals surface area contributed by atoms with Gasteiger partial charge < -0.3 is 10.0 Å². The average Bonchev–Trinajstić information content (AvgIpc) is 2.70. The van der Waals surface area contributed by atoms with E-state index in [-0.39, 0.29) is 18.9 Å². The number of aliphatic carboxylic acids is 1. The summed E-state index contributed by atoms with van der Waals surface area (Å²) in [4.78, 5) is 23.5. The Balaban J connectivity index is 2.47. The van der Waals surface area contributed by atoms with Crippen LogP contribution in [0.4, 0.5) is 0 Å². The standard InChI is InChI=1S/C11H21N3O5S/c1-9(8-14-6-3-4-10(14)15)12-20(18,19)13(2)7-5-11(16)17/h9,12H,3-8H2,1-2H3,(H,16,17). The van der Waals surface area contributed by atoms with Crippen molar-refractivity contribution >= 4 is 22.1 Å². The highest BCUT2D eigenvalue weighted by Gasteiger charge is 2.25. The Hall–Kier alpha value is -1.19. The predicted octanol–water partition coefficient (Wildman–Crippen LogP) is -0.762. The highest BCUT2D eigenvalue weighted by atomic mass is 32.2. The quantitative estimate of drug-likeness (QED) is 0.613. The van der Waals surface area contributed by atoms with Gasteiger partial charge in [0.2, 0.25) is 5.91 Å². The summed E-state index contributed by atoms with van der Waals surface area (Å²) in [6.45, 7) is 2.55. The van der Waals surface area contributed by atoms with Gasteiger partial charge in [-0.3, -0.25) is 9.59 Å². The minimum Gasteiger partial charge on any atom is -0.481 e. The summed E-state index contributed by atoms with van der Waals surface area (Å²) in [5.74, 6) is -1.02. The highest BCUT2D eigenvalue weighted by Crippen LogP contribution is 2.10. The van der Waals surface area contributed by atoms with Crippen molar-refractivity contribution in [3.8, 4) is 0 Å². The minimum absolute atomic E-state index is 0.0373. The van der Waals surface area contributed by atoms with Crippen LogP contribution in [0.15, 0.2) is 0 Å². The Kier molecular flexibility index (Phi) is 5.90. The maximum atomic E-state index is 11.9. The Morgan fingerprint density at radius 3 is 2.70 bits per heavy atom. The number of carboxylic acid groups (broad SMARTS) is 1. The lowest BCUT2D eigenvalue weighted by Crippen LogP contribution is -2.47. The van der Waals surface area contributed by atoms with E-state index >= 15 is 0 Å². The van der Waals surface area contributed by atoms with Crippen molar-refractivity contribution in [3.63, 3.8) is 0 Å². The molecule has 0 radical (unpaired) electrons. The molecule has 1 unspecified atom stereocenters. The number of carboxylic acids is 1. The SMILES string of the molecule is CC(CN1CCCC1=O)NS(=O)(=O)N(C)CCC(=O)O. The molecule has 0 aliphatic carbocycles. The molecule has 0 aromatic rings. The Bertz CT molecular complexity index is 465. The molecule has 1 rings (SSSR count). The number of rotatable bonds is 8. The van der Waals surface area contributed by atoms with Gasteiger partial charge in [-0.25, -0.2) is 0 Å². The monoisotopic (exact) mass is 307 g/mol.